The van der Waals surface area contributed by atoms with Crippen LogP contribution in [0.25, 0.3) is 11.6 Å². The Hall–Kier alpha value is -3.39. The van der Waals surface area contributed by atoms with E-state index >= 15 is 0 Å². The summed E-state index contributed by atoms with van der Waals surface area (Å²) in [5.74, 6) is -0.135. The van der Waals surface area contributed by atoms with Crippen molar-refractivity contribution < 1.29 is 5.11 Å². The number of H-pyrrole nitrogens is 1. The Kier molecular flexibility index (Phi) is 9.62. The third kappa shape index (κ3) is 6.27. The van der Waals surface area contributed by atoms with Gasteiger partial charge in [0, 0.05) is 29.8 Å². The van der Waals surface area contributed by atoms with E-state index in [0.29, 0.717) is 30.0 Å². The molecule has 2 N–H and O–H groups in total. The largest absolute Gasteiger partial charge is 0.383 e. The fourth-order valence-electron chi connectivity index (χ4n) is 6.02. The number of aromatic amines is 1. The van der Waals surface area contributed by atoms with Crippen LogP contribution in [-0.2, 0) is 0 Å². The summed E-state index contributed by atoms with van der Waals surface area (Å²) in [6.45, 7) is 4.65. The summed E-state index contributed by atoms with van der Waals surface area (Å²) in [6.07, 6.45) is 10.2. The molecule has 4 nitrogen and oxygen atoms in total. The van der Waals surface area contributed by atoms with Gasteiger partial charge in [-0.15, -0.1) is 0 Å². The minimum atomic E-state index is -1.39. The van der Waals surface area contributed by atoms with E-state index < -0.39 is 11.5 Å². The van der Waals surface area contributed by atoms with Crippen molar-refractivity contribution in [3.05, 3.63) is 116 Å². The molecule has 204 valence electrons. The summed E-state index contributed by atoms with van der Waals surface area (Å²) >= 11 is 0. The Morgan fingerprint density at radius 1 is 1.03 bits per heavy atom. The van der Waals surface area contributed by atoms with Crippen LogP contribution in [0, 0.1) is 0 Å². The van der Waals surface area contributed by atoms with Crippen molar-refractivity contribution in [3.63, 3.8) is 0 Å². The van der Waals surface area contributed by atoms with E-state index in [0.717, 1.165) is 29.5 Å². The van der Waals surface area contributed by atoms with E-state index in [4.69, 9.17) is 0 Å². The second-order valence-electron chi connectivity index (χ2n) is 10.7. The molecule has 0 radical (unpaired) electrons. The van der Waals surface area contributed by atoms with Gasteiger partial charge in [-0.05, 0) is 73.7 Å². The number of aliphatic hydroxyl groups is 1. The first-order valence-corrected chi connectivity index (χ1v) is 14.4. The minimum Gasteiger partial charge on any atom is -0.383 e. The lowest BCUT2D eigenvalue weighted by atomic mass is 9.69. The predicted molar refractivity (Wildman–Crippen MR) is 162 cm³/mol. The fourth-order valence-corrected chi connectivity index (χ4v) is 6.02. The highest BCUT2D eigenvalue weighted by atomic mass is 16.3. The number of rotatable bonds is 8. The Morgan fingerprint density at radius 2 is 1.72 bits per heavy atom. The van der Waals surface area contributed by atoms with Crippen molar-refractivity contribution in [2.24, 2.45) is 0 Å². The monoisotopic (exact) mass is 522 g/mol. The average Bonchev–Trinajstić information content (AvgIpc) is 2.99. The Labute approximate surface area is 233 Å². The second-order valence-corrected chi connectivity index (χ2v) is 10.7. The van der Waals surface area contributed by atoms with E-state index in [-0.39, 0.29) is 5.56 Å². The summed E-state index contributed by atoms with van der Waals surface area (Å²) in [4.78, 5) is 18.7. The van der Waals surface area contributed by atoms with Gasteiger partial charge in [0.05, 0.1) is 0 Å². The van der Waals surface area contributed by atoms with Crippen molar-refractivity contribution in [2.75, 3.05) is 20.6 Å². The maximum Gasteiger partial charge on any atom is 0.251 e. The third-order valence-electron chi connectivity index (χ3n) is 7.98. The summed E-state index contributed by atoms with van der Waals surface area (Å²) in [5, 5.41) is 12.9. The summed E-state index contributed by atoms with van der Waals surface area (Å²) in [7, 11) is 4.01. The maximum absolute atomic E-state index is 13.6. The van der Waals surface area contributed by atoms with Gasteiger partial charge in [-0.2, -0.15) is 0 Å². The van der Waals surface area contributed by atoms with E-state index in [2.05, 4.69) is 27.4 Å². The zero-order valence-corrected chi connectivity index (χ0v) is 23.8. The molecule has 1 aromatic heterocycles. The number of nitrogens with zero attached hydrogens (tertiary/aromatic N) is 1. The number of aromatic nitrogens is 1. The van der Waals surface area contributed by atoms with Crippen molar-refractivity contribution >= 4 is 11.6 Å². The van der Waals surface area contributed by atoms with Gasteiger partial charge in [-0.25, -0.2) is 0 Å². The van der Waals surface area contributed by atoms with Crippen LogP contribution in [0.1, 0.15) is 92.0 Å². The molecule has 1 fully saturated rings. The first-order valence-electron chi connectivity index (χ1n) is 14.4. The van der Waals surface area contributed by atoms with Crippen LogP contribution in [0.4, 0.5) is 0 Å². The predicted octanol–water partition coefficient (Wildman–Crippen LogP) is 7.13. The Bertz CT molecular complexity index is 1400. The first-order chi connectivity index (χ1) is 19.0. The fraction of sp³-hybridized carbons (Fsp3) is 0.400. The topological polar surface area (TPSA) is 56.3 Å². The number of pyridine rings is 1. The zero-order chi connectivity index (χ0) is 27.8. The number of fused-ring (bicyclic) bond motifs is 1. The Balaban J connectivity index is 0.00000172. The molecule has 4 heteroatoms. The number of hydrogen-bond donors (Lipinski definition) is 2. The molecule has 2 aliphatic carbocycles. The lowest BCUT2D eigenvalue weighted by Crippen LogP contribution is -2.43. The summed E-state index contributed by atoms with van der Waals surface area (Å²) < 4.78 is 0. The van der Waals surface area contributed by atoms with Crippen LogP contribution in [-0.4, -0.2) is 41.2 Å². The molecule has 0 saturated heterocycles. The van der Waals surface area contributed by atoms with Gasteiger partial charge in [-0.3, -0.25) is 4.79 Å². The van der Waals surface area contributed by atoms with E-state index in [1.54, 1.807) is 0 Å². The van der Waals surface area contributed by atoms with Gasteiger partial charge in [0.15, 0.2) is 0 Å². The number of hydrogen-bond acceptors (Lipinski definition) is 3. The third-order valence-corrected chi connectivity index (χ3v) is 7.98. The van der Waals surface area contributed by atoms with Gasteiger partial charge < -0.3 is 15.0 Å². The van der Waals surface area contributed by atoms with Gasteiger partial charge >= 0.3 is 0 Å². The summed E-state index contributed by atoms with van der Waals surface area (Å²) in [6, 6.07) is 20.1. The summed E-state index contributed by atoms with van der Waals surface area (Å²) in [5.41, 5.74) is 10.2. The van der Waals surface area contributed by atoms with Crippen molar-refractivity contribution in [1.29, 1.82) is 0 Å². The molecule has 2 aliphatic rings. The highest BCUT2D eigenvalue weighted by molar-refractivity contribution is 5.82. The van der Waals surface area contributed by atoms with Crippen LogP contribution >= 0.6 is 0 Å². The lowest BCUT2D eigenvalue weighted by molar-refractivity contribution is 0.0664. The minimum absolute atomic E-state index is 0.152. The maximum atomic E-state index is 13.6. The molecule has 1 heterocycles. The standard InChI is InChI=1S/C33H36N2O2.C2H6/c1-35(2)21-20-33(37,30-19-11-17-25-14-9-10-18-28(25)30)31(26-15-7-4-8-16-26)29-22-27(23-34-32(29)36)24-12-5-3-6-13-24;1-2/h4,7-10,14-18,22-24,31,37H,3,5-6,12-13,20-21H2,1-2H3,(H,34,36);1-2H3. The molecule has 39 heavy (non-hydrogen) atoms. The van der Waals surface area contributed by atoms with Gasteiger partial charge in [0.1, 0.15) is 5.60 Å². The number of benzene rings is 2. The van der Waals surface area contributed by atoms with Crippen molar-refractivity contribution in [2.45, 2.75) is 69.8 Å². The number of nitrogens with one attached hydrogen (secondary N) is 1. The highest BCUT2D eigenvalue weighted by Gasteiger charge is 2.45. The van der Waals surface area contributed by atoms with Crippen molar-refractivity contribution in [1.82, 2.24) is 9.88 Å². The van der Waals surface area contributed by atoms with Gasteiger partial charge in [0.25, 0.3) is 5.56 Å². The molecule has 3 aromatic rings. The van der Waals surface area contributed by atoms with E-state index in [1.165, 1.54) is 24.8 Å². The molecule has 0 amide bonds. The molecule has 0 spiro atoms. The smallest absolute Gasteiger partial charge is 0.251 e. The molecule has 2 aromatic carbocycles. The molecule has 2 unspecified atom stereocenters. The molecule has 5 rings (SSSR count). The molecular weight excluding hydrogens is 480 g/mol. The molecule has 2 atom stereocenters. The van der Waals surface area contributed by atoms with E-state index in [9.17, 15) is 9.90 Å². The highest BCUT2D eigenvalue weighted by Crippen LogP contribution is 2.46. The molecule has 0 bridgehead atoms. The second kappa shape index (κ2) is 13.1. The zero-order valence-electron chi connectivity index (χ0n) is 23.8. The average molecular weight is 523 g/mol. The van der Waals surface area contributed by atoms with Gasteiger partial charge in [0.2, 0.25) is 0 Å². The molecular formula is C35H42N2O2. The first kappa shape index (κ1) is 28.6. The molecule has 0 aliphatic heterocycles. The SMILES string of the molecule is CC.CN(C)CCC(O)(C1=C=C=Cc2ccccc21)C(c1ccccc1)c1cc(C2CCCCC2)c[nH]c1=O. The van der Waals surface area contributed by atoms with Crippen LogP contribution in [0.5, 0.6) is 0 Å². The van der Waals surface area contributed by atoms with Crippen molar-refractivity contribution in [3.8, 4) is 0 Å². The lowest BCUT2D eigenvalue weighted by Gasteiger charge is -2.39. The van der Waals surface area contributed by atoms with E-state index in [1.807, 2.05) is 94.8 Å². The van der Waals surface area contributed by atoms with Crippen LogP contribution in [0.15, 0.2) is 83.1 Å². The quantitative estimate of drug-likeness (QED) is 0.310. The molecule has 1 saturated carbocycles. The van der Waals surface area contributed by atoms with Gasteiger partial charge in [-0.1, -0.05) is 99.2 Å². The van der Waals surface area contributed by atoms with Crippen LogP contribution in [0.2, 0.25) is 0 Å². The van der Waals surface area contributed by atoms with Crippen LogP contribution in [0.3, 0.4) is 0 Å². The normalized spacial score (nSPS) is 17.0. The Morgan fingerprint density at radius 3 is 2.44 bits per heavy atom. The van der Waals surface area contributed by atoms with Crippen LogP contribution < -0.4 is 5.56 Å².